The third-order valence-electron chi connectivity index (χ3n) is 2.29. The van der Waals surface area contributed by atoms with Gasteiger partial charge in [0.05, 0.1) is 0 Å². The second-order valence-electron chi connectivity index (χ2n) is 3.08. The van der Waals surface area contributed by atoms with Crippen molar-refractivity contribution in [3.05, 3.63) is 35.1 Å². The van der Waals surface area contributed by atoms with Crippen LogP contribution in [0.15, 0.2) is 18.2 Å². The fourth-order valence-corrected chi connectivity index (χ4v) is 1.43. The smallest absolute Gasteiger partial charge is 0.126 e. The molecule has 0 aromatic heterocycles. The summed E-state index contributed by atoms with van der Waals surface area (Å²) in [4.78, 5) is 0. The van der Waals surface area contributed by atoms with E-state index < -0.39 is 0 Å². The summed E-state index contributed by atoms with van der Waals surface area (Å²) in [5.74, 6) is 5.19. The number of hydrogen-bond acceptors (Lipinski definition) is 2. The van der Waals surface area contributed by atoms with Crippen LogP contribution in [0.1, 0.15) is 30.5 Å². The first-order valence-corrected chi connectivity index (χ1v) is 4.41. The second-order valence-corrected chi connectivity index (χ2v) is 3.08. The maximum Gasteiger partial charge on any atom is 0.126 e. The zero-order valence-corrected chi connectivity index (χ0v) is 7.97. The lowest BCUT2D eigenvalue weighted by molar-refractivity contribution is 0.528. The van der Waals surface area contributed by atoms with Crippen molar-refractivity contribution in [1.82, 2.24) is 5.43 Å². The Balaban J connectivity index is 3.05. The van der Waals surface area contributed by atoms with Crippen LogP contribution in [-0.2, 0) is 0 Å². The van der Waals surface area contributed by atoms with Gasteiger partial charge in [-0.25, -0.2) is 4.39 Å². The molecule has 3 N–H and O–H groups in total. The normalized spacial score (nSPS) is 12.9. The monoisotopic (exact) mass is 182 g/mol. The number of nitrogens with two attached hydrogens (primary N) is 1. The molecular formula is C10H15FN2. The maximum atomic E-state index is 13.1. The quantitative estimate of drug-likeness (QED) is 0.554. The molecular weight excluding hydrogens is 167 g/mol. The van der Waals surface area contributed by atoms with Crippen molar-refractivity contribution in [2.75, 3.05) is 0 Å². The first-order valence-electron chi connectivity index (χ1n) is 4.41. The molecule has 0 radical (unpaired) electrons. The molecule has 72 valence electrons. The number of nitrogens with one attached hydrogen (secondary N) is 1. The van der Waals surface area contributed by atoms with Crippen LogP contribution >= 0.6 is 0 Å². The number of halogens is 1. The third-order valence-corrected chi connectivity index (χ3v) is 2.29. The highest BCUT2D eigenvalue weighted by molar-refractivity contribution is 5.29. The van der Waals surface area contributed by atoms with Gasteiger partial charge in [0.15, 0.2) is 0 Å². The van der Waals surface area contributed by atoms with Gasteiger partial charge in [-0.1, -0.05) is 19.1 Å². The van der Waals surface area contributed by atoms with Crippen molar-refractivity contribution >= 4 is 0 Å². The predicted molar refractivity (Wildman–Crippen MR) is 51.5 cm³/mol. The maximum absolute atomic E-state index is 13.1. The van der Waals surface area contributed by atoms with Crippen LogP contribution in [0.3, 0.4) is 0 Å². The van der Waals surface area contributed by atoms with Gasteiger partial charge in [0, 0.05) is 6.04 Å². The number of hydrazine groups is 1. The van der Waals surface area contributed by atoms with Crippen LogP contribution in [0.25, 0.3) is 0 Å². The van der Waals surface area contributed by atoms with Crippen LogP contribution < -0.4 is 11.3 Å². The van der Waals surface area contributed by atoms with Crippen molar-refractivity contribution in [2.24, 2.45) is 5.84 Å². The summed E-state index contributed by atoms with van der Waals surface area (Å²) in [6.45, 7) is 3.78. The van der Waals surface area contributed by atoms with Gasteiger partial charge in [-0.15, -0.1) is 0 Å². The Morgan fingerprint density at radius 3 is 2.77 bits per heavy atom. The Bertz CT molecular complexity index is 282. The lowest BCUT2D eigenvalue weighted by Crippen LogP contribution is -2.28. The standard InChI is InChI=1S/C10H15FN2/c1-3-10(13-12)8-5-4-6-9(11)7(8)2/h4-6,10,13H,3,12H2,1-2H3. The molecule has 13 heavy (non-hydrogen) atoms. The largest absolute Gasteiger partial charge is 0.271 e. The summed E-state index contributed by atoms with van der Waals surface area (Å²) in [6, 6.07) is 5.10. The first-order chi connectivity index (χ1) is 6.20. The summed E-state index contributed by atoms with van der Waals surface area (Å²) < 4.78 is 13.1. The fourth-order valence-electron chi connectivity index (χ4n) is 1.43. The van der Waals surface area contributed by atoms with Crippen molar-refractivity contribution in [3.63, 3.8) is 0 Å². The molecule has 1 aromatic carbocycles. The van der Waals surface area contributed by atoms with Gasteiger partial charge in [-0.2, -0.15) is 0 Å². The second kappa shape index (κ2) is 4.35. The van der Waals surface area contributed by atoms with Gasteiger partial charge in [-0.05, 0) is 30.5 Å². The van der Waals surface area contributed by atoms with E-state index in [1.165, 1.54) is 6.07 Å². The molecule has 0 aliphatic heterocycles. The number of benzene rings is 1. The minimum atomic E-state index is -0.175. The van der Waals surface area contributed by atoms with Crippen molar-refractivity contribution in [3.8, 4) is 0 Å². The van der Waals surface area contributed by atoms with Gasteiger partial charge in [0.1, 0.15) is 5.82 Å². The third kappa shape index (κ3) is 2.05. The van der Waals surface area contributed by atoms with E-state index in [1.54, 1.807) is 13.0 Å². The number of hydrogen-bond donors (Lipinski definition) is 2. The SMILES string of the molecule is CCC(NN)c1cccc(F)c1C. The summed E-state index contributed by atoms with van der Waals surface area (Å²) in [7, 11) is 0. The molecule has 1 unspecified atom stereocenters. The lowest BCUT2D eigenvalue weighted by Gasteiger charge is -2.16. The van der Waals surface area contributed by atoms with Crippen molar-refractivity contribution in [1.29, 1.82) is 0 Å². The summed E-state index contributed by atoms with van der Waals surface area (Å²) in [5.41, 5.74) is 4.28. The number of rotatable bonds is 3. The molecule has 0 saturated carbocycles. The first kappa shape index (κ1) is 10.2. The van der Waals surface area contributed by atoms with Crippen LogP contribution in [0.2, 0.25) is 0 Å². The Labute approximate surface area is 77.9 Å². The van der Waals surface area contributed by atoms with Crippen LogP contribution in [-0.4, -0.2) is 0 Å². The Morgan fingerprint density at radius 2 is 2.23 bits per heavy atom. The van der Waals surface area contributed by atoms with Gasteiger partial charge >= 0.3 is 0 Å². The Kier molecular flexibility index (Phi) is 3.39. The lowest BCUT2D eigenvalue weighted by atomic mass is 9.99. The zero-order chi connectivity index (χ0) is 9.84. The molecule has 2 nitrogen and oxygen atoms in total. The highest BCUT2D eigenvalue weighted by atomic mass is 19.1. The average molecular weight is 182 g/mol. The van der Waals surface area contributed by atoms with Gasteiger partial charge in [-0.3, -0.25) is 11.3 Å². The van der Waals surface area contributed by atoms with E-state index in [0.29, 0.717) is 5.56 Å². The molecule has 0 saturated heterocycles. The molecule has 0 spiro atoms. The molecule has 0 aliphatic rings. The van der Waals surface area contributed by atoms with Crippen LogP contribution in [0.4, 0.5) is 4.39 Å². The molecule has 0 aliphatic carbocycles. The predicted octanol–water partition coefficient (Wildman–Crippen LogP) is 2.05. The minimum absolute atomic E-state index is 0.0377. The molecule has 0 fully saturated rings. The van der Waals surface area contributed by atoms with Gasteiger partial charge < -0.3 is 0 Å². The molecule has 1 rings (SSSR count). The van der Waals surface area contributed by atoms with Gasteiger partial charge in [0.2, 0.25) is 0 Å². The topological polar surface area (TPSA) is 38.0 Å². The fraction of sp³-hybridized carbons (Fsp3) is 0.400. The molecule has 1 aromatic rings. The summed E-state index contributed by atoms with van der Waals surface area (Å²) >= 11 is 0. The Hall–Kier alpha value is -0.930. The van der Waals surface area contributed by atoms with Gasteiger partial charge in [0.25, 0.3) is 0 Å². The van der Waals surface area contributed by atoms with Crippen molar-refractivity contribution in [2.45, 2.75) is 26.3 Å². The highest BCUT2D eigenvalue weighted by Crippen LogP contribution is 2.21. The average Bonchev–Trinajstić information content (AvgIpc) is 2.14. The van der Waals surface area contributed by atoms with E-state index >= 15 is 0 Å². The molecule has 0 amide bonds. The minimum Gasteiger partial charge on any atom is -0.271 e. The van der Waals surface area contributed by atoms with E-state index in [1.807, 2.05) is 13.0 Å². The Morgan fingerprint density at radius 1 is 1.54 bits per heavy atom. The van der Waals surface area contributed by atoms with Crippen molar-refractivity contribution < 1.29 is 4.39 Å². The van der Waals surface area contributed by atoms with E-state index in [2.05, 4.69) is 5.43 Å². The summed E-state index contributed by atoms with van der Waals surface area (Å²) in [5, 5.41) is 0. The molecule has 3 heteroatoms. The van der Waals surface area contributed by atoms with Crippen LogP contribution in [0.5, 0.6) is 0 Å². The van der Waals surface area contributed by atoms with Crippen LogP contribution in [0, 0.1) is 12.7 Å². The zero-order valence-electron chi connectivity index (χ0n) is 7.97. The van der Waals surface area contributed by atoms with E-state index in [0.717, 1.165) is 12.0 Å². The highest BCUT2D eigenvalue weighted by Gasteiger charge is 2.11. The van der Waals surface area contributed by atoms with E-state index in [-0.39, 0.29) is 11.9 Å². The molecule has 1 atom stereocenters. The molecule has 0 heterocycles. The van der Waals surface area contributed by atoms with E-state index in [9.17, 15) is 4.39 Å². The van der Waals surface area contributed by atoms with E-state index in [4.69, 9.17) is 5.84 Å². The molecule has 0 bridgehead atoms. The summed E-state index contributed by atoms with van der Waals surface area (Å²) in [6.07, 6.45) is 0.848.